The first-order valence-corrected chi connectivity index (χ1v) is 3.21. The average molecular weight is 169 g/mol. The SMILES string of the molecule is COC(=O)/C=C/C(C)=C\C(=O)[O-]. The predicted octanol–water partition coefficient (Wildman–Crippen LogP) is -0.588. The van der Waals surface area contributed by atoms with E-state index in [-0.39, 0.29) is 0 Å². The standard InChI is InChI=1S/C8H10O4/c1-6(5-7(9)10)3-4-8(11)12-2/h3-5H,1-2H3,(H,9,10)/p-1/b4-3+,6-5-. The van der Waals surface area contributed by atoms with Crippen molar-refractivity contribution in [2.45, 2.75) is 6.92 Å². The molecule has 0 rings (SSSR count). The lowest BCUT2D eigenvalue weighted by atomic mass is 10.2. The Hall–Kier alpha value is -1.58. The number of rotatable bonds is 3. The zero-order valence-electron chi connectivity index (χ0n) is 6.87. The van der Waals surface area contributed by atoms with Gasteiger partial charge in [0.25, 0.3) is 0 Å². The minimum atomic E-state index is -1.29. The number of allylic oxidation sites excluding steroid dienone is 2. The van der Waals surface area contributed by atoms with E-state index in [4.69, 9.17) is 0 Å². The number of ether oxygens (including phenoxy) is 1. The van der Waals surface area contributed by atoms with Gasteiger partial charge in [-0.15, -0.1) is 0 Å². The third kappa shape index (κ3) is 5.22. The molecule has 12 heavy (non-hydrogen) atoms. The molecule has 0 spiro atoms. The Balaban J connectivity index is 4.17. The molecule has 4 heteroatoms. The number of methoxy groups -OCH3 is 1. The molecule has 0 aliphatic carbocycles. The van der Waals surface area contributed by atoms with Crippen molar-refractivity contribution in [3.63, 3.8) is 0 Å². The molecule has 0 atom stereocenters. The van der Waals surface area contributed by atoms with E-state index in [9.17, 15) is 14.7 Å². The van der Waals surface area contributed by atoms with Crippen LogP contribution in [0.15, 0.2) is 23.8 Å². The van der Waals surface area contributed by atoms with Gasteiger partial charge in [0, 0.05) is 6.08 Å². The number of carboxylic acid groups (broad SMARTS) is 1. The molecule has 0 N–H and O–H groups in total. The lowest BCUT2D eigenvalue weighted by Crippen LogP contribution is -2.19. The Kier molecular flexibility index (Phi) is 4.45. The van der Waals surface area contributed by atoms with E-state index in [2.05, 4.69) is 4.74 Å². The van der Waals surface area contributed by atoms with Crippen LogP contribution < -0.4 is 5.11 Å². The van der Waals surface area contributed by atoms with Crippen LogP contribution in [0.2, 0.25) is 0 Å². The summed E-state index contributed by atoms with van der Waals surface area (Å²) in [5, 5.41) is 9.99. The first-order valence-electron chi connectivity index (χ1n) is 3.21. The van der Waals surface area contributed by atoms with Crippen molar-refractivity contribution in [3.8, 4) is 0 Å². The van der Waals surface area contributed by atoms with Crippen molar-refractivity contribution in [1.29, 1.82) is 0 Å². The van der Waals surface area contributed by atoms with E-state index < -0.39 is 11.9 Å². The van der Waals surface area contributed by atoms with Crippen LogP contribution in [0.4, 0.5) is 0 Å². The first kappa shape index (κ1) is 10.4. The van der Waals surface area contributed by atoms with E-state index in [1.165, 1.54) is 20.1 Å². The number of carbonyl (C=O) groups excluding carboxylic acids is 2. The fourth-order valence-electron chi connectivity index (χ4n) is 0.502. The van der Waals surface area contributed by atoms with Crippen LogP contribution in [0, 0.1) is 0 Å². The first-order chi connectivity index (χ1) is 5.56. The number of aliphatic carboxylic acids is 1. The van der Waals surface area contributed by atoms with Gasteiger partial charge < -0.3 is 14.6 Å². The van der Waals surface area contributed by atoms with E-state index in [0.717, 1.165) is 12.2 Å². The Morgan fingerprint density at radius 3 is 2.33 bits per heavy atom. The summed E-state index contributed by atoms with van der Waals surface area (Å²) in [5.41, 5.74) is 0.417. The van der Waals surface area contributed by atoms with Crippen LogP contribution in [0.1, 0.15) is 6.92 Å². The molecule has 0 aromatic heterocycles. The van der Waals surface area contributed by atoms with Gasteiger partial charge in [0.15, 0.2) is 0 Å². The summed E-state index contributed by atoms with van der Waals surface area (Å²) < 4.78 is 4.29. The van der Waals surface area contributed by atoms with Crippen LogP contribution in [0.5, 0.6) is 0 Å². The number of hydrogen-bond donors (Lipinski definition) is 0. The average Bonchev–Trinajstić information content (AvgIpc) is 1.99. The maximum absolute atomic E-state index is 10.5. The molecule has 0 aromatic rings. The van der Waals surface area contributed by atoms with Gasteiger partial charge in [-0.2, -0.15) is 0 Å². The molecular formula is C8H9O4-. The Bertz CT molecular complexity index is 237. The molecule has 0 radical (unpaired) electrons. The van der Waals surface area contributed by atoms with Crippen LogP contribution in [0.25, 0.3) is 0 Å². The van der Waals surface area contributed by atoms with Crippen molar-refractivity contribution in [2.75, 3.05) is 7.11 Å². The third-order valence-electron chi connectivity index (χ3n) is 1.03. The van der Waals surface area contributed by atoms with Gasteiger partial charge in [-0.05, 0) is 18.6 Å². The van der Waals surface area contributed by atoms with Crippen LogP contribution in [-0.4, -0.2) is 19.0 Å². The molecule has 0 saturated heterocycles. The molecule has 0 aliphatic rings. The topological polar surface area (TPSA) is 66.4 Å². The monoisotopic (exact) mass is 169 g/mol. The van der Waals surface area contributed by atoms with E-state index in [1.54, 1.807) is 0 Å². The van der Waals surface area contributed by atoms with Crippen molar-refractivity contribution in [2.24, 2.45) is 0 Å². The molecule has 0 aliphatic heterocycles. The highest BCUT2D eigenvalue weighted by Gasteiger charge is 1.89. The summed E-state index contributed by atoms with van der Waals surface area (Å²) in [6.45, 7) is 1.54. The fourth-order valence-corrected chi connectivity index (χ4v) is 0.502. The van der Waals surface area contributed by atoms with Crippen molar-refractivity contribution >= 4 is 11.9 Å². The molecule has 0 saturated carbocycles. The molecule has 0 amide bonds. The van der Waals surface area contributed by atoms with E-state index in [1.807, 2.05) is 0 Å². The second-order valence-electron chi connectivity index (χ2n) is 2.06. The Morgan fingerprint density at radius 2 is 1.92 bits per heavy atom. The highest BCUT2D eigenvalue weighted by molar-refractivity contribution is 5.83. The highest BCUT2D eigenvalue weighted by atomic mass is 16.5. The molecule has 0 heterocycles. The zero-order chi connectivity index (χ0) is 9.56. The van der Waals surface area contributed by atoms with Gasteiger partial charge in [-0.3, -0.25) is 0 Å². The summed E-state index contributed by atoms with van der Waals surface area (Å²) in [6.07, 6.45) is 3.36. The molecule has 66 valence electrons. The molecule has 0 aromatic carbocycles. The summed E-state index contributed by atoms with van der Waals surface area (Å²) in [5.74, 6) is -1.82. The van der Waals surface area contributed by atoms with Crippen molar-refractivity contribution < 1.29 is 19.4 Å². The Morgan fingerprint density at radius 1 is 1.33 bits per heavy atom. The van der Waals surface area contributed by atoms with Crippen LogP contribution in [0.3, 0.4) is 0 Å². The highest BCUT2D eigenvalue weighted by Crippen LogP contribution is 1.93. The van der Waals surface area contributed by atoms with Gasteiger partial charge in [0.05, 0.1) is 13.1 Å². The normalized spacial score (nSPS) is 11.7. The number of carbonyl (C=O) groups is 2. The zero-order valence-corrected chi connectivity index (χ0v) is 6.87. The third-order valence-corrected chi connectivity index (χ3v) is 1.03. The summed E-state index contributed by atoms with van der Waals surface area (Å²) >= 11 is 0. The van der Waals surface area contributed by atoms with Gasteiger partial charge >= 0.3 is 5.97 Å². The molecule has 4 nitrogen and oxygen atoms in total. The Labute approximate surface area is 70.1 Å². The van der Waals surface area contributed by atoms with Gasteiger partial charge in [-0.25, -0.2) is 4.79 Å². The molecular weight excluding hydrogens is 160 g/mol. The largest absolute Gasteiger partial charge is 0.545 e. The smallest absolute Gasteiger partial charge is 0.330 e. The minimum Gasteiger partial charge on any atom is -0.545 e. The predicted molar refractivity (Wildman–Crippen MR) is 39.9 cm³/mol. The molecule has 0 fully saturated rings. The van der Waals surface area contributed by atoms with E-state index >= 15 is 0 Å². The quantitative estimate of drug-likeness (QED) is 0.322. The maximum Gasteiger partial charge on any atom is 0.330 e. The lowest BCUT2D eigenvalue weighted by molar-refractivity contribution is -0.297. The second-order valence-corrected chi connectivity index (χ2v) is 2.06. The summed E-state index contributed by atoms with van der Waals surface area (Å²) in [4.78, 5) is 20.5. The van der Waals surface area contributed by atoms with E-state index in [0.29, 0.717) is 5.57 Å². The molecule has 0 bridgehead atoms. The lowest BCUT2D eigenvalue weighted by Gasteiger charge is -1.94. The van der Waals surface area contributed by atoms with Crippen molar-refractivity contribution in [3.05, 3.63) is 23.8 Å². The number of esters is 1. The number of carboxylic acids is 1. The second kappa shape index (κ2) is 5.12. The summed E-state index contributed by atoms with van der Waals surface area (Å²) in [6, 6.07) is 0. The van der Waals surface area contributed by atoms with Gasteiger partial charge in [0.2, 0.25) is 0 Å². The maximum atomic E-state index is 10.5. The van der Waals surface area contributed by atoms with Crippen molar-refractivity contribution in [1.82, 2.24) is 0 Å². The van der Waals surface area contributed by atoms with Crippen LogP contribution in [-0.2, 0) is 14.3 Å². The van der Waals surface area contributed by atoms with Gasteiger partial charge in [0.1, 0.15) is 0 Å². The van der Waals surface area contributed by atoms with Gasteiger partial charge in [-0.1, -0.05) is 6.08 Å². The van der Waals surface area contributed by atoms with Crippen LogP contribution >= 0.6 is 0 Å². The summed E-state index contributed by atoms with van der Waals surface area (Å²) in [7, 11) is 1.24. The molecule has 0 unspecified atom stereocenters. The minimum absolute atomic E-state index is 0.417. The fraction of sp³-hybridized carbons (Fsp3) is 0.250. The number of hydrogen-bond acceptors (Lipinski definition) is 4.